The Labute approximate surface area is 165 Å². The fraction of sp³-hybridized carbons (Fsp3) is 0.333. The molecule has 8 heteroatoms. The maximum Gasteiger partial charge on any atom is 0.416 e. The third-order valence-electron chi connectivity index (χ3n) is 5.76. The molecular formula is C21H19F3N2O3. The van der Waals surface area contributed by atoms with Gasteiger partial charge >= 0.3 is 6.18 Å². The van der Waals surface area contributed by atoms with Gasteiger partial charge in [0.25, 0.3) is 5.91 Å². The van der Waals surface area contributed by atoms with Crippen molar-refractivity contribution in [2.75, 3.05) is 0 Å². The minimum absolute atomic E-state index is 0.00533. The van der Waals surface area contributed by atoms with E-state index in [2.05, 4.69) is 5.32 Å². The molecule has 2 amide bonds. The monoisotopic (exact) mass is 404 g/mol. The number of phenolic OH excluding ortho intramolecular Hbond substituents is 1. The van der Waals surface area contributed by atoms with Gasteiger partial charge in [0.15, 0.2) is 0 Å². The molecule has 4 rings (SSSR count). The molecule has 2 saturated heterocycles. The Kier molecular flexibility index (Phi) is 4.33. The number of halogens is 3. The van der Waals surface area contributed by atoms with Gasteiger partial charge in [0, 0.05) is 23.0 Å². The van der Waals surface area contributed by atoms with Crippen molar-refractivity contribution in [3.05, 3.63) is 65.2 Å². The SMILES string of the molecule is CC12CC(=O)NC1N(C(=O)c1cccc(C(F)(F)F)c1)C(c1ccccc1O)C2. The van der Waals surface area contributed by atoms with E-state index >= 15 is 0 Å². The van der Waals surface area contributed by atoms with Crippen molar-refractivity contribution in [2.45, 2.75) is 38.1 Å². The van der Waals surface area contributed by atoms with Crippen LogP contribution in [0.15, 0.2) is 48.5 Å². The highest BCUT2D eigenvalue weighted by atomic mass is 19.4. The van der Waals surface area contributed by atoms with Gasteiger partial charge in [-0.1, -0.05) is 31.2 Å². The Morgan fingerprint density at radius 1 is 1.21 bits per heavy atom. The van der Waals surface area contributed by atoms with Crippen molar-refractivity contribution in [1.82, 2.24) is 10.2 Å². The highest BCUT2D eigenvalue weighted by Crippen LogP contribution is 2.53. The first kappa shape index (κ1) is 19.3. The average Bonchev–Trinajstić information content (AvgIpc) is 3.09. The number of alkyl halides is 3. The second-order valence-electron chi connectivity index (χ2n) is 7.87. The molecule has 5 nitrogen and oxygen atoms in total. The predicted molar refractivity (Wildman–Crippen MR) is 97.7 cm³/mol. The highest BCUT2D eigenvalue weighted by Gasteiger charge is 2.57. The number of para-hydroxylation sites is 1. The third kappa shape index (κ3) is 3.22. The molecule has 2 aromatic rings. The first-order chi connectivity index (χ1) is 13.6. The molecule has 2 aromatic carbocycles. The zero-order chi connectivity index (χ0) is 21.0. The molecule has 2 N–H and O–H groups in total. The zero-order valence-corrected chi connectivity index (χ0v) is 15.5. The lowest BCUT2D eigenvalue weighted by atomic mass is 9.83. The van der Waals surface area contributed by atoms with Crippen molar-refractivity contribution >= 4 is 11.8 Å². The van der Waals surface area contributed by atoms with E-state index in [0.29, 0.717) is 12.0 Å². The number of fused-ring (bicyclic) bond motifs is 1. The number of amides is 2. The molecule has 0 aliphatic carbocycles. The summed E-state index contributed by atoms with van der Waals surface area (Å²) in [6, 6.07) is 10.2. The number of benzene rings is 2. The van der Waals surface area contributed by atoms with Gasteiger partial charge in [0.1, 0.15) is 11.9 Å². The number of nitrogens with one attached hydrogen (secondary N) is 1. The van der Waals surface area contributed by atoms with Gasteiger partial charge in [-0.15, -0.1) is 0 Å². The van der Waals surface area contributed by atoms with Crippen LogP contribution in [-0.4, -0.2) is 28.0 Å². The number of carbonyl (C=O) groups is 2. The lowest BCUT2D eigenvalue weighted by Crippen LogP contribution is -2.47. The van der Waals surface area contributed by atoms with Crippen LogP contribution in [0.1, 0.15) is 47.3 Å². The smallest absolute Gasteiger partial charge is 0.416 e. The molecule has 0 bridgehead atoms. The molecule has 152 valence electrons. The largest absolute Gasteiger partial charge is 0.508 e. The number of rotatable bonds is 2. The summed E-state index contributed by atoms with van der Waals surface area (Å²) < 4.78 is 39.3. The number of phenols is 1. The van der Waals surface area contributed by atoms with Gasteiger partial charge in [-0.05, 0) is 30.7 Å². The Hall–Kier alpha value is -3.03. The molecule has 2 aliphatic heterocycles. The fourth-order valence-electron chi connectivity index (χ4n) is 4.42. The summed E-state index contributed by atoms with van der Waals surface area (Å²) in [6.07, 6.45) is -4.64. The molecule has 29 heavy (non-hydrogen) atoms. The quantitative estimate of drug-likeness (QED) is 0.799. The summed E-state index contributed by atoms with van der Waals surface area (Å²) in [5.41, 5.74) is -1.12. The van der Waals surface area contributed by atoms with E-state index in [1.54, 1.807) is 18.2 Å². The van der Waals surface area contributed by atoms with Crippen LogP contribution in [0.4, 0.5) is 13.2 Å². The van der Waals surface area contributed by atoms with Crippen molar-refractivity contribution < 1.29 is 27.9 Å². The minimum atomic E-state index is -4.57. The molecule has 0 aromatic heterocycles. The number of nitrogens with zero attached hydrogens (tertiary/aromatic N) is 1. The van der Waals surface area contributed by atoms with Crippen LogP contribution >= 0.6 is 0 Å². The molecule has 0 radical (unpaired) electrons. The Balaban J connectivity index is 1.78. The van der Waals surface area contributed by atoms with Crippen molar-refractivity contribution in [3.63, 3.8) is 0 Å². The number of hydrogen-bond acceptors (Lipinski definition) is 3. The predicted octanol–water partition coefficient (Wildman–Crippen LogP) is 3.85. The Morgan fingerprint density at radius 2 is 1.93 bits per heavy atom. The Bertz CT molecular complexity index is 991. The van der Waals surface area contributed by atoms with Crippen LogP contribution in [0.25, 0.3) is 0 Å². The fourth-order valence-corrected chi connectivity index (χ4v) is 4.42. The van der Waals surface area contributed by atoms with Gasteiger partial charge in [-0.3, -0.25) is 9.59 Å². The molecule has 0 saturated carbocycles. The summed E-state index contributed by atoms with van der Waals surface area (Å²) in [6.45, 7) is 1.86. The third-order valence-corrected chi connectivity index (χ3v) is 5.76. The normalized spacial score (nSPS) is 26.3. The van der Waals surface area contributed by atoms with Crippen molar-refractivity contribution in [2.24, 2.45) is 5.41 Å². The van der Waals surface area contributed by atoms with E-state index in [4.69, 9.17) is 0 Å². The molecule has 3 atom stereocenters. The number of aromatic hydroxyl groups is 1. The van der Waals surface area contributed by atoms with Gasteiger partial charge in [-0.2, -0.15) is 13.2 Å². The van der Waals surface area contributed by atoms with Crippen LogP contribution in [0.2, 0.25) is 0 Å². The van der Waals surface area contributed by atoms with Crippen molar-refractivity contribution in [3.8, 4) is 5.75 Å². The van der Waals surface area contributed by atoms with Crippen molar-refractivity contribution in [1.29, 1.82) is 0 Å². The van der Waals surface area contributed by atoms with Gasteiger partial charge in [0.2, 0.25) is 5.91 Å². The van der Waals surface area contributed by atoms with E-state index in [-0.39, 0.29) is 23.6 Å². The zero-order valence-electron chi connectivity index (χ0n) is 15.5. The van der Waals surface area contributed by atoms with Crippen LogP contribution in [0, 0.1) is 5.41 Å². The minimum Gasteiger partial charge on any atom is -0.508 e. The van der Waals surface area contributed by atoms with Gasteiger partial charge in [0.05, 0.1) is 11.6 Å². The van der Waals surface area contributed by atoms with Crippen LogP contribution in [0.5, 0.6) is 5.75 Å². The van der Waals surface area contributed by atoms with E-state index < -0.39 is 35.3 Å². The van der Waals surface area contributed by atoms with E-state index in [1.807, 2.05) is 6.92 Å². The maximum atomic E-state index is 13.3. The van der Waals surface area contributed by atoms with E-state index in [0.717, 1.165) is 12.1 Å². The lowest BCUT2D eigenvalue weighted by molar-refractivity contribution is -0.137. The van der Waals surface area contributed by atoms with E-state index in [1.165, 1.54) is 23.1 Å². The summed E-state index contributed by atoms with van der Waals surface area (Å²) >= 11 is 0. The topological polar surface area (TPSA) is 69.6 Å². The highest BCUT2D eigenvalue weighted by molar-refractivity contribution is 5.96. The number of carbonyl (C=O) groups excluding carboxylic acids is 2. The Morgan fingerprint density at radius 3 is 2.62 bits per heavy atom. The maximum absolute atomic E-state index is 13.3. The molecule has 2 heterocycles. The van der Waals surface area contributed by atoms with Gasteiger partial charge in [-0.25, -0.2) is 0 Å². The molecule has 0 spiro atoms. The van der Waals surface area contributed by atoms with Crippen LogP contribution in [-0.2, 0) is 11.0 Å². The summed E-state index contributed by atoms with van der Waals surface area (Å²) in [5, 5.41) is 13.1. The number of likely N-dealkylation sites (tertiary alicyclic amines) is 1. The summed E-state index contributed by atoms with van der Waals surface area (Å²) in [4.78, 5) is 26.8. The second-order valence-corrected chi connectivity index (χ2v) is 7.87. The molecular weight excluding hydrogens is 385 g/mol. The summed E-state index contributed by atoms with van der Waals surface area (Å²) in [7, 11) is 0. The first-order valence-electron chi connectivity index (χ1n) is 9.17. The molecule has 2 fully saturated rings. The number of hydrogen-bond donors (Lipinski definition) is 2. The molecule has 2 aliphatic rings. The average molecular weight is 404 g/mol. The van der Waals surface area contributed by atoms with Gasteiger partial charge < -0.3 is 15.3 Å². The first-order valence-corrected chi connectivity index (χ1v) is 9.17. The standard InChI is InChI=1S/C21H19F3N2O3/c1-20-10-15(14-7-2-3-8-16(14)27)26(19(20)25-17(28)11-20)18(29)12-5-4-6-13(9-12)21(22,23)24/h2-9,15,19,27H,10-11H2,1H3,(H,25,28). The van der Waals surface area contributed by atoms with Crippen LogP contribution < -0.4 is 5.32 Å². The van der Waals surface area contributed by atoms with Crippen LogP contribution in [0.3, 0.4) is 0 Å². The summed E-state index contributed by atoms with van der Waals surface area (Å²) in [5.74, 6) is -0.843. The van der Waals surface area contributed by atoms with E-state index in [9.17, 15) is 27.9 Å². The lowest BCUT2D eigenvalue weighted by Gasteiger charge is -2.31. The molecule has 3 unspecified atom stereocenters. The second kappa shape index (κ2) is 6.50.